The van der Waals surface area contributed by atoms with E-state index < -0.39 is 0 Å². The molecule has 1 heteroatoms. The number of terminal acetylenes is 1. The minimum atomic E-state index is 0.930. The van der Waals surface area contributed by atoms with E-state index >= 15 is 0 Å². The minimum Gasteiger partial charge on any atom is -0.115 e. The van der Waals surface area contributed by atoms with Crippen LogP contribution in [-0.2, 0) is 6.42 Å². The molecule has 0 bridgehead atoms. The zero-order chi connectivity index (χ0) is 11.4. The van der Waals surface area contributed by atoms with E-state index in [1.165, 1.54) is 11.1 Å². The van der Waals surface area contributed by atoms with Crippen LogP contribution in [0.5, 0.6) is 0 Å². The van der Waals surface area contributed by atoms with E-state index in [2.05, 4.69) is 58.2 Å². The van der Waals surface area contributed by atoms with Gasteiger partial charge < -0.3 is 0 Å². The topological polar surface area (TPSA) is 0 Å². The van der Waals surface area contributed by atoms with Gasteiger partial charge in [0.2, 0.25) is 0 Å². The second-order valence-electron chi connectivity index (χ2n) is 3.64. The van der Waals surface area contributed by atoms with Crippen LogP contribution in [0.4, 0.5) is 0 Å². The summed E-state index contributed by atoms with van der Waals surface area (Å²) in [5.74, 6) is 2.62. The van der Waals surface area contributed by atoms with Gasteiger partial charge in [-0.25, -0.2) is 0 Å². The molecule has 16 heavy (non-hydrogen) atoms. The highest BCUT2D eigenvalue weighted by Gasteiger charge is 1.96. The lowest BCUT2D eigenvalue weighted by Gasteiger charge is -2.02. The number of hydrogen-bond acceptors (Lipinski definition) is 0. The number of halogens is 1. The highest BCUT2D eigenvalue weighted by atomic mass is 79.9. The molecule has 0 aliphatic carbocycles. The second-order valence-corrected chi connectivity index (χ2v) is 4.56. The first-order valence-electron chi connectivity index (χ1n) is 5.08. The summed E-state index contributed by atoms with van der Waals surface area (Å²) in [4.78, 5) is 0. The Kier molecular flexibility index (Phi) is 3.44. The molecule has 0 saturated carbocycles. The Morgan fingerprint density at radius 1 is 0.875 bits per heavy atom. The van der Waals surface area contributed by atoms with Gasteiger partial charge in [-0.15, -0.1) is 6.42 Å². The lowest BCUT2D eigenvalue weighted by atomic mass is 10.0. The van der Waals surface area contributed by atoms with Crippen molar-refractivity contribution in [3.8, 4) is 12.3 Å². The zero-order valence-electron chi connectivity index (χ0n) is 8.78. The SMILES string of the molecule is C#Cc1ccc(Cc2ccc(Br)cc2)cc1. The molecule has 0 saturated heterocycles. The maximum Gasteiger partial charge on any atom is 0.0242 e. The lowest BCUT2D eigenvalue weighted by Crippen LogP contribution is -1.87. The molecular weight excluding hydrogens is 260 g/mol. The summed E-state index contributed by atoms with van der Waals surface area (Å²) in [5, 5.41) is 0. The molecular formula is C15H11Br. The summed E-state index contributed by atoms with van der Waals surface area (Å²) in [6.45, 7) is 0. The van der Waals surface area contributed by atoms with Crippen molar-refractivity contribution in [2.75, 3.05) is 0 Å². The van der Waals surface area contributed by atoms with Crippen molar-refractivity contribution in [1.29, 1.82) is 0 Å². The van der Waals surface area contributed by atoms with Crippen LogP contribution >= 0.6 is 15.9 Å². The molecule has 0 atom stereocenters. The summed E-state index contributed by atoms with van der Waals surface area (Å²) in [5.41, 5.74) is 3.51. The fraction of sp³-hybridized carbons (Fsp3) is 0.0667. The third-order valence-corrected chi connectivity index (χ3v) is 2.97. The summed E-state index contributed by atoms with van der Waals surface area (Å²) in [6.07, 6.45) is 6.26. The van der Waals surface area contributed by atoms with Gasteiger partial charge >= 0.3 is 0 Å². The molecule has 2 aromatic carbocycles. The van der Waals surface area contributed by atoms with E-state index in [0.29, 0.717) is 0 Å². The standard InChI is InChI=1S/C15H11Br/c1-2-12-3-5-13(6-4-12)11-14-7-9-15(16)10-8-14/h1,3-10H,11H2. The molecule has 0 unspecified atom stereocenters. The van der Waals surface area contributed by atoms with Crippen LogP contribution in [0.15, 0.2) is 53.0 Å². The van der Waals surface area contributed by atoms with E-state index in [1.807, 2.05) is 12.1 Å². The molecule has 2 aromatic rings. The molecule has 78 valence electrons. The van der Waals surface area contributed by atoms with Crippen LogP contribution in [0.25, 0.3) is 0 Å². The van der Waals surface area contributed by atoms with Crippen molar-refractivity contribution in [1.82, 2.24) is 0 Å². The molecule has 0 heterocycles. The molecule has 0 spiro atoms. The van der Waals surface area contributed by atoms with Gasteiger partial charge in [-0.2, -0.15) is 0 Å². The van der Waals surface area contributed by atoms with Gasteiger partial charge in [0.15, 0.2) is 0 Å². The second kappa shape index (κ2) is 5.01. The average Bonchev–Trinajstić information content (AvgIpc) is 2.33. The molecule has 0 nitrogen and oxygen atoms in total. The monoisotopic (exact) mass is 270 g/mol. The third kappa shape index (κ3) is 2.74. The van der Waals surface area contributed by atoms with Crippen LogP contribution in [0.2, 0.25) is 0 Å². The largest absolute Gasteiger partial charge is 0.115 e. The summed E-state index contributed by atoms with van der Waals surface area (Å²) < 4.78 is 1.11. The van der Waals surface area contributed by atoms with Crippen LogP contribution in [0.3, 0.4) is 0 Å². The van der Waals surface area contributed by atoms with Crippen LogP contribution in [-0.4, -0.2) is 0 Å². The molecule has 0 aliphatic heterocycles. The molecule has 0 aliphatic rings. The number of benzene rings is 2. The van der Waals surface area contributed by atoms with Gasteiger partial charge in [0.25, 0.3) is 0 Å². The van der Waals surface area contributed by atoms with Crippen molar-refractivity contribution in [3.63, 3.8) is 0 Å². The molecule has 2 rings (SSSR count). The first-order chi connectivity index (χ1) is 7.78. The third-order valence-electron chi connectivity index (χ3n) is 2.44. The van der Waals surface area contributed by atoms with Crippen molar-refractivity contribution in [2.24, 2.45) is 0 Å². The van der Waals surface area contributed by atoms with Crippen molar-refractivity contribution < 1.29 is 0 Å². The smallest absolute Gasteiger partial charge is 0.0242 e. The fourth-order valence-electron chi connectivity index (χ4n) is 1.56. The van der Waals surface area contributed by atoms with Gasteiger partial charge in [0.05, 0.1) is 0 Å². The van der Waals surface area contributed by atoms with Crippen molar-refractivity contribution >= 4 is 15.9 Å². The Morgan fingerprint density at radius 3 is 1.88 bits per heavy atom. The van der Waals surface area contributed by atoms with Gasteiger partial charge in [0.1, 0.15) is 0 Å². The van der Waals surface area contributed by atoms with Gasteiger partial charge in [-0.3, -0.25) is 0 Å². The Hall–Kier alpha value is -1.52. The fourth-order valence-corrected chi connectivity index (χ4v) is 1.82. The Labute approximate surface area is 104 Å². The average molecular weight is 271 g/mol. The first kappa shape index (κ1) is 11.0. The maximum atomic E-state index is 5.31. The Morgan fingerprint density at radius 2 is 1.38 bits per heavy atom. The van der Waals surface area contributed by atoms with E-state index in [4.69, 9.17) is 6.42 Å². The predicted molar refractivity (Wildman–Crippen MR) is 71.3 cm³/mol. The first-order valence-corrected chi connectivity index (χ1v) is 5.87. The number of hydrogen-bond donors (Lipinski definition) is 0. The van der Waals surface area contributed by atoms with Gasteiger partial charge in [0, 0.05) is 10.0 Å². The quantitative estimate of drug-likeness (QED) is 0.724. The molecule has 0 N–H and O–H groups in total. The van der Waals surface area contributed by atoms with Gasteiger partial charge in [-0.1, -0.05) is 46.1 Å². The molecule has 0 radical (unpaired) electrons. The molecule has 0 fully saturated rings. The summed E-state index contributed by atoms with van der Waals surface area (Å²) in [6, 6.07) is 16.5. The van der Waals surface area contributed by atoms with E-state index in [1.54, 1.807) is 0 Å². The molecule has 0 amide bonds. The van der Waals surface area contributed by atoms with Gasteiger partial charge in [-0.05, 0) is 41.8 Å². The number of rotatable bonds is 2. The highest BCUT2D eigenvalue weighted by Crippen LogP contribution is 2.14. The highest BCUT2D eigenvalue weighted by molar-refractivity contribution is 9.10. The van der Waals surface area contributed by atoms with E-state index in [-0.39, 0.29) is 0 Å². The van der Waals surface area contributed by atoms with E-state index in [9.17, 15) is 0 Å². The predicted octanol–water partition coefficient (Wildman–Crippen LogP) is 4.02. The van der Waals surface area contributed by atoms with Crippen molar-refractivity contribution in [2.45, 2.75) is 6.42 Å². The Balaban J connectivity index is 2.15. The van der Waals surface area contributed by atoms with Crippen LogP contribution in [0.1, 0.15) is 16.7 Å². The maximum absolute atomic E-state index is 5.31. The Bertz CT molecular complexity index is 501. The lowest BCUT2D eigenvalue weighted by molar-refractivity contribution is 1.19. The van der Waals surface area contributed by atoms with Crippen molar-refractivity contribution in [3.05, 3.63) is 69.7 Å². The summed E-state index contributed by atoms with van der Waals surface area (Å²) in [7, 11) is 0. The van der Waals surface area contributed by atoms with E-state index in [0.717, 1.165) is 16.5 Å². The van der Waals surface area contributed by atoms with Crippen LogP contribution < -0.4 is 0 Å². The minimum absolute atomic E-state index is 0.930. The molecule has 0 aromatic heterocycles. The van der Waals surface area contributed by atoms with Crippen LogP contribution in [0, 0.1) is 12.3 Å². The summed E-state index contributed by atoms with van der Waals surface area (Å²) >= 11 is 3.43. The normalized spacial score (nSPS) is 9.75. The zero-order valence-corrected chi connectivity index (χ0v) is 10.4.